The van der Waals surface area contributed by atoms with E-state index in [0.717, 1.165) is 31.9 Å². The van der Waals surface area contributed by atoms with Crippen molar-refractivity contribution in [2.45, 2.75) is 6.92 Å². The van der Waals surface area contributed by atoms with Gasteiger partial charge in [-0.05, 0) is 43.3 Å². The van der Waals surface area contributed by atoms with E-state index in [1.807, 2.05) is 37.3 Å². The molecule has 2 aromatic carbocycles. The lowest BCUT2D eigenvalue weighted by atomic mass is 10.2. The molecule has 0 saturated carbocycles. The van der Waals surface area contributed by atoms with Gasteiger partial charge in [-0.1, -0.05) is 12.1 Å². The van der Waals surface area contributed by atoms with Gasteiger partial charge in [-0.3, -0.25) is 4.79 Å². The fourth-order valence-electron chi connectivity index (χ4n) is 3.09. The topological polar surface area (TPSA) is 55.2 Å². The van der Waals surface area contributed by atoms with Gasteiger partial charge in [0, 0.05) is 11.4 Å². The number of nitrogens with zero attached hydrogens (tertiary/aromatic N) is 1. The Morgan fingerprint density at radius 2 is 1.67 bits per heavy atom. The smallest absolute Gasteiger partial charge is 0.262 e. The van der Waals surface area contributed by atoms with Crippen LogP contribution in [-0.2, 0) is 4.79 Å². The summed E-state index contributed by atoms with van der Waals surface area (Å²) in [6, 6.07) is 15.3. The van der Waals surface area contributed by atoms with Crippen LogP contribution in [0.15, 0.2) is 48.5 Å². The summed E-state index contributed by atoms with van der Waals surface area (Å²) in [6.07, 6.45) is 0. The summed E-state index contributed by atoms with van der Waals surface area (Å²) < 4.78 is 11.1. The molecule has 27 heavy (non-hydrogen) atoms. The van der Waals surface area contributed by atoms with Gasteiger partial charge >= 0.3 is 0 Å². The lowest BCUT2D eigenvalue weighted by Gasteiger charge is -2.31. The number of carbonyl (C=O) groups is 1. The lowest BCUT2D eigenvalue weighted by molar-refractivity contribution is -0.880. The zero-order chi connectivity index (χ0) is 19.1. The van der Waals surface area contributed by atoms with Gasteiger partial charge in [-0.25, -0.2) is 0 Å². The molecule has 1 aliphatic rings. The van der Waals surface area contributed by atoms with Crippen molar-refractivity contribution in [3.8, 4) is 11.5 Å². The largest absolute Gasteiger partial charge is 0.490 e. The van der Waals surface area contributed by atoms with Gasteiger partial charge in [-0.15, -0.1) is 0 Å². The van der Waals surface area contributed by atoms with E-state index in [1.165, 1.54) is 5.69 Å². The zero-order valence-corrected chi connectivity index (χ0v) is 16.0. The number of quaternary nitrogens is 1. The Morgan fingerprint density at radius 1 is 1.04 bits per heavy atom. The van der Waals surface area contributed by atoms with Crippen LogP contribution in [0.25, 0.3) is 0 Å². The molecule has 144 valence electrons. The van der Waals surface area contributed by atoms with Crippen molar-refractivity contribution in [1.82, 2.24) is 0 Å². The first-order valence-corrected chi connectivity index (χ1v) is 9.46. The first kappa shape index (κ1) is 19.0. The summed E-state index contributed by atoms with van der Waals surface area (Å²) in [5.41, 5.74) is 1.97. The molecule has 2 N–H and O–H groups in total. The summed E-state index contributed by atoms with van der Waals surface area (Å²) in [5.74, 6) is 1.02. The molecule has 6 nitrogen and oxygen atoms in total. The molecule has 2 aromatic rings. The van der Waals surface area contributed by atoms with E-state index in [-0.39, 0.29) is 12.5 Å². The van der Waals surface area contributed by atoms with Crippen molar-refractivity contribution in [2.75, 3.05) is 56.7 Å². The Bertz CT molecular complexity index is 741. The van der Waals surface area contributed by atoms with E-state index < -0.39 is 0 Å². The number of benzene rings is 2. The summed E-state index contributed by atoms with van der Waals surface area (Å²) >= 11 is 0. The van der Waals surface area contributed by atoms with Crippen LogP contribution >= 0.6 is 0 Å². The van der Waals surface area contributed by atoms with Gasteiger partial charge in [0.25, 0.3) is 5.91 Å². The molecule has 0 radical (unpaired) electrons. The van der Waals surface area contributed by atoms with Gasteiger partial charge in [-0.2, -0.15) is 0 Å². The maximum absolute atomic E-state index is 12.2. The fraction of sp³-hybridized carbons (Fsp3) is 0.381. The predicted molar refractivity (Wildman–Crippen MR) is 107 cm³/mol. The molecule has 0 unspecified atom stereocenters. The fourth-order valence-corrected chi connectivity index (χ4v) is 3.09. The second-order valence-electron chi connectivity index (χ2n) is 6.71. The van der Waals surface area contributed by atoms with Crippen LogP contribution in [0.5, 0.6) is 11.5 Å². The van der Waals surface area contributed by atoms with Gasteiger partial charge < -0.3 is 24.6 Å². The van der Waals surface area contributed by atoms with E-state index >= 15 is 0 Å². The van der Waals surface area contributed by atoms with Crippen LogP contribution in [-0.4, -0.2) is 52.3 Å². The number of amides is 1. The molecule has 0 atom stereocenters. The molecule has 1 saturated heterocycles. The number of anilines is 2. The minimum atomic E-state index is -0.197. The molecule has 1 amide bonds. The number of piperazine rings is 1. The van der Waals surface area contributed by atoms with E-state index in [4.69, 9.17) is 9.47 Å². The van der Waals surface area contributed by atoms with Gasteiger partial charge in [0.15, 0.2) is 18.1 Å². The summed E-state index contributed by atoms with van der Waals surface area (Å²) in [6.45, 7) is 6.82. The monoisotopic (exact) mass is 370 g/mol. The number of hydrogen-bond acceptors (Lipinski definition) is 4. The second kappa shape index (κ2) is 9.28. The van der Waals surface area contributed by atoms with Crippen molar-refractivity contribution in [1.29, 1.82) is 0 Å². The van der Waals surface area contributed by atoms with Crippen molar-refractivity contribution in [3.05, 3.63) is 48.5 Å². The van der Waals surface area contributed by atoms with Crippen molar-refractivity contribution >= 4 is 17.3 Å². The van der Waals surface area contributed by atoms with Crippen LogP contribution in [0.2, 0.25) is 0 Å². The Balaban J connectivity index is 1.51. The first-order valence-electron chi connectivity index (χ1n) is 9.46. The molecule has 0 aliphatic carbocycles. The summed E-state index contributed by atoms with van der Waals surface area (Å²) in [7, 11) is 2.23. The number of ether oxygens (including phenoxy) is 2. The van der Waals surface area contributed by atoms with E-state index in [2.05, 4.69) is 29.4 Å². The molecular weight excluding hydrogens is 342 g/mol. The predicted octanol–water partition coefficient (Wildman–Crippen LogP) is 1.44. The van der Waals surface area contributed by atoms with Crippen LogP contribution in [0, 0.1) is 0 Å². The van der Waals surface area contributed by atoms with Crippen LogP contribution in [0.1, 0.15) is 6.92 Å². The van der Waals surface area contributed by atoms with E-state index in [0.29, 0.717) is 18.1 Å². The molecule has 1 aliphatic heterocycles. The maximum Gasteiger partial charge on any atom is 0.262 e. The summed E-state index contributed by atoms with van der Waals surface area (Å²) in [4.78, 5) is 16.1. The summed E-state index contributed by atoms with van der Waals surface area (Å²) in [5, 5.41) is 2.87. The van der Waals surface area contributed by atoms with Crippen molar-refractivity contribution in [2.24, 2.45) is 0 Å². The van der Waals surface area contributed by atoms with E-state index in [9.17, 15) is 4.79 Å². The number of nitrogens with one attached hydrogen (secondary N) is 2. The molecule has 0 bridgehead atoms. The number of rotatable bonds is 7. The Labute approximate surface area is 160 Å². The van der Waals surface area contributed by atoms with Gasteiger partial charge in [0.05, 0.1) is 39.8 Å². The molecular formula is C21H28N3O3+. The Kier molecular flexibility index (Phi) is 6.54. The molecule has 0 spiro atoms. The van der Waals surface area contributed by atoms with Crippen LogP contribution in [0.4, 0.5) is 11.4 Å². The second-order valence-corrected chi connectivity index (χ2v) is 6.71. The average molecular weight is 370 g/mol. The maximum atomic E-state index is 12.2. The third-order valence-corrected chi connectivity index (χ3v) is 4.64. The normalized spacial score (nSPS) is 14.7. The highest BCUT2D eigenvalue weighted by atomic mass is 16.5. The van der Waals surface area contributed by atoms with E-state index in [1.54, 1.807) is 11.0 Å². The molecule has 1 heterocycles. The van der Waals surface area contributed by atoms with Gasteiger partial charge in [0.1, 0.15) is 0 Å². The minimum absolute atomic E-state index is 0.0624. The number of hydrogen-bond donors (Lipinski definition) is 2. The highest BCUT2D eigenvalue weighted by Gasteiger charge is 2.16. The Hall–Kier alpha value is -2.73. The highest BCUT2D eigenvalue weighted by Crippen LogP contribution is 2.26. The quantitative estimate of drug-likeness (QED) is 0.774. The average Bonchev–Trinajstić information content (AvgIpc) is 2.69. The molecule has 0 aromatic heterocycles. The SMILES string of the molecule is CCOc1ccccc1OCC(=O)Nc1ccc(N2CC[NH+](C)CC2)cc1. The van der Waals surface area contributed by atoms with Gasteiger partial charge in [0.2, 0.25) is 0 Å². The van der Waals surface area contributed by atoms with Crippen molar-refractivity contribution in [3.63, 3.8) is 0 Å². The zero-order valence-electron chi connectivity index (χ0n) is 16.0. The number of likely N-dealkylation sites (N-methyl/N-ethyl adjacent to an activating group) is 1. The van der Waals surface area contributed by atoms with Crippen LogP contribution in [0.3, 0.4) is 0 Å². The third-order valence-electron chi connectivity index (χ3n) is 4.64. The standard InChI is InChI=1S/C21H27N3O3/c1-3-26-19-6-4-5-7-20(19)27-16-21(25)22-17-8-10-18(11-9-17)24-14-12-23(2)13-15-24/h4-11H,3,12-16H2,1-2H3,(H,22,25)/p+1. The molecule has 3 rings (SSSR count). The minimum Gasteiger partial charge on any atom is -0.490 e. The lowest BCUT2D eigenvalue weighted by Crippen LogP contribution is -3.12. The first-order chi connectivity index (χ1) is 13.2. The van der Waals surface area contributed by atoms with Crippen molar-refractivity contribution < 1.29 is 19.2 Å². The Morgan fingerprint density at radius 3 is 2.30 bits per heavy atom. The molecule has 1 fully saturated rings. The third kappa shape index (κ3) is 5.37. The number of para-hydroxylation sites is 2. The highest BCUT2D eigenvalue weighted by molar-refractivity contribution is 5.92. The number of carbonyl (C=O) groups excluding carboxylic acids is 1. The molecule has 6 heteroatoms. The van der Waals surface area contributed by atoms with Crippen LogP contribution < -0.4 is 24.6 Å².